The molecule has 2 aromatic rings. The summed E-state index contributed by atoms with van der Waals surface area (Å²) in [6.45, 7) is 4.17. The lowest BCUT2D eigenvalue weighted by Crippen LogP contribution is -2.35. The highest BCUT2D eigenvalue weighted by molar-refractivity contribution is 7.07. The molecule has 1 aromatic heterocycles. The first-order valence-electron chi connectivity index (χ1n) is 7.26. The fourth-order valence-electron chi connectivity index (χ4n) is 2.04. The Labute approximate surface area is 139 Å². The van der Waals surface area contributed by atoms with Crippen LogP contribution in [0.2, 0.25) is 0 Å². The van der Waals surface area contributed by atoms with Crippen LogP contribution in [0, 0.1) is 0 Å². The van der Waals surface area contributed by atoms with Crippen molar-refractivity contribution in [3.8, 4) is 0 Å². The molecule has 7 heteroatoms. The molecule has 122 valence electrons. The molecule has 0 radical (unpaired) electrons. The fourth-order valence-corrected chi connectivity index (χ4v) is 2.58. The molecule has 0 unspecified atom stereocenters. The monoisotopic (exact) mass is 332 g/mol. The van der Waals surface area contributed by atoms with Crippen molar-refractivity contribution >= 4 is 29.0 Å². The predicted octanol–water partition coefficient (Wildman–Crippen LogP) is 2.95. The summed E-state index contributed by atoms with van der Waals surface area (Å²) in [5, 5.41) is 7.37. The van der Waals surface area contributed by atoms with Crippen molar-refractivity contribution in [3.63, 3.8) is 0 Å². The SMILES string of the molecule is CC(C)NC(=O)Nc1ccccc1C(=O)N(C)Cc1cscn1. The van der Waals surface area contributed by atoms with Crippen molar-refractivity contribution in [2.24, 2.45) is 0 Å². The maximum absolute atomic E-state index is 12.6. The normalized spacial score (nSPS) is 10.4. The third-order valence-corrected chi connectivity index (χ3v) is 3.69. The number of rotatable bonds is 5. The summed E-state index contributed by atoms with van der Waals surface area (Å²) in [6, 6.07) is 6.65. The molecule has 2 rings (SSSR count). The lowest BCUT2D eigenvalue weighted by molar-refractivity contribution is 0.0784. The second-order valence-electron chi connectivity index (χ2n) is 5.44. The Morgan fingerprint density at radius 3 is 2.70 bits per heavy atom. The van der Waals surface area contributed by atoms with Crippen LogP contribution in [0.5, 0.6) is 0 Å². The van der Waals surface area contributed by atoms with Crippen LogP contribution in [0.4, 0.5) is 10.5 Å². The molecule has 0 saturated carbocycles. The number of amides is 3. The Morgan fingerprint density at radius 1 is 1.30 bits per heavy atom. The van der Waals surface area contributed by atoms with Gasteiger partial charge >= 0.3 is 6.03 Å². The van der Waals surface area contributed by atoms with Gasteiger partial charge in [0.05, 0.1) is 29.0 Å². The van der Waals surface area contributed by atoms with E-state index in [1.807, 2.05) is 19.2 Å². The average molecular weight is 332 g/mol. The number of hydrogen-bond donors (Lipinski definition) is 2. The van der Waals surface area contributed by atoms with Gasteiger partial charge in [-0.2, -0.15) is 0 Å². The van der Waals surface area contributed by atoms with Gasteiger partial charge in [-0.1, -0.05) is 12.1 Å². The number of anilines is 1. The summed E-state index contributed by atoms with van der Waals surface area (Å²) in [6.07, 6.45) is 0. The van der Waals surface area contributed by atoms with Gasteiger partial charge in [-0.25, -0.2) is 9.78 Å². The van der Waals surface area contributed by atoms with Crippen LogP contribution in [0.1, 0.15) is 29.9 Å². The molecule has 3 amide bonds. The number of thiazole rings is 1. The van der Waals surface area contributed by atoms with Crippen molar-refractivity contribution in [2.45, 2.75) is 26.4 Å². The molecule has 23 heavy (non-hydrogen) atoms. The zero-order valence-corrected chi connectivity index (χ0v) is 14.2. The molecule has 0 bridgehead atoms. The zero-order valence-electron chi connectivity index (χ0n) is 13.4. The number of nitrogens with zero attached hydrogens (tertiary/aromatic N) is 2. The quantitative estimate of drug-likeness (QED) is 0.884. The Bertz CT molecular complexity index is 670. The van der Waals surface area contributed by atoms with Gasteiger partial charge < -0.3 is 15.5 Å². The van der Waals surface area contributed by atoms with Crippen molar-refractivity contribution in [1.29, 1.82) is 0 Å². The van der Waals surface area contributed by atoms with Crippen LogP contribution in [0.3, 0.4) is 0 Å². The maximum atomic E-state index is 12.6. The van der Waals surface area contributed by atoms with Crippen LogP contribution < -0.4 is 10.6 Å². The van der Waals surface area contributed by atoms with Crippen LogP contribution >= 0.6 is 11.3 Å². The van der Waals surface area contributed by atoms with E-state index >= 15 is 0 Å². The molecule has 1 heterocycles. The molecule has 0 fully saturated rings. The Morgan fingerprint density at radius 2 is 2.04 bits per heavy atom. The highest BCUT2D eigenvalue weighted by Crippen LogP contribution is 2.18. The number of urea groups is 1. The molecule has 0 aliphatic rings. The van der Waals surface area contributed by atoms with Gasteiger partial charge in [-0.15, -0.1) is 11.3 Å². The Balaban J connectivity index is 2.12. The van der Waals surface area contributed by atoms with Gasteiger partial charge in [-0.3, -0.25) is 4.79 Å². The van der Waals surface area contributed by atoms with Crippen LogP contribution in [0.15, 0.2) is 35.2 Å². The van der Waals surface area contributed by atoms with Gasteiger partial charge in [0.1, 0.15) is 0 Å². The van der Waals surface area contributed by atoms with E-state index in [4.69, 9.17) is 0 Å². The van der Waals surface area contributed by atoms with E-state index in [0.717, 1.165) is 5.69 Å². The molecule has 0 aliphatic carbocycles. The van der Waals surface area contributed by atoms with Gasteiger partial charge in [-0.05, 0) is 26.0 Å². The topological polar surface area (TPSA) is 74.3 Å². The smallest absolute Gasteiger partial charge is 0.319 e. The van der Waals surface area contributed by atoms with Gasteiger partial charge in [0.15, 0.2) is 0 Å². The lowest BCUT2D eigenvalue weighted by atomic mass is 10.1. The van der Waals surface area contributed by atoms with E-state index in [2.05, 4.69) is 15.6 Å². The lowest BCUT2D eigenvalue weighted by Gasteiger charge is -2.19. The minimum atomic E-state index is -0.331. The zero-order chi connectivity index (χ0) is 16.8. The first-order valence-corrected chi connectivity index (χ1v) is 8.20. The Hall–Kier alpha value is -2.41. The van der Waals surface area contributed by atoms with E-state index in [1.54, 1.807) is 41.7 Å². The van der Waals surface area contributed by atoms with Gasteiger partial charge in [0, 0.05) is 18.5 Å². The number of benzene rings is 1. The molecule has 0 aliphatic heterocycles. The standard InChI is InChI=1S/C16H20N4O2S/c1-11(2)18-16(22)19-14-7-5-4-6-13(14)15(21)20(3)8-12-9-23-10-17-12/h4-7,9-11H,8H2,1-3H3,(H2,18,19,22). The first kappa shape index (κ1) is 17.0. The summed E-state index contributed by atoms with van der Waals surface area (Å²) < 4.78 is 0. The number of carbonyl (C=O) groups excluding carboxylic acids is 2. The number of hydrogen-bond acceptors (Lipinski definition) is 4. The first-order chi connectivity index (χ1) is 11.0. The molecule has 2 N–H and O–H groups in total. The predicted molar refractivity (Wildman–Crippen MR) is 91.6 cm³/mol. The summed E-state index contributed by atoms with van der Waals surface area (Å²) >= 11 is 1.49. The van der Waals surface area contributed by atoms with Crippen molar-refractivity contribution in [2.75, 3.05) is 12.4 Å². The van der Waals surface area contributed by atoms with E-state index in [-0.39, 0.29) is 18.0 Å². The molecular weight excluding hydrogens is 312 g/mol. The minimum Gasteiger partial charge on any atom is -0.336 e. The second-order valence-corrected chi connectivity index (χ2v) is 6.16. The van der Waals surface area contributed by atoms with Crippen LogP contribution in [-0.2, 0) is 6.54 Å². The van der Waals surface area contributed by atoms with Gasteiger partial charge in [0.25, 0.3) is 5.91 Å². The molecular formula is C16H20N4O2S. The molecule has 1 aromatic carbocycles. The summed E-state index contributed by atoms with van der Waals surface area (Å²) in [5.41, 5.74) is 3.51. The van der Waals surface area contributed by atoms with Crippen LogP contribution in [0.25, 0.3) is 0 Å². The van der Waals surface area contributed by atoms with E-state index in [9.17, 15) is 9.59 Å². The number of carbonyl (C=O) groups is 2. The van der Waals surface area contributed by atoms with E-state index in [0.29, 0.717) is 17.8 Å². The molecule has 0 atom stereocenters. The number of aromatic nitrogens is 1. The molecule has 0 saturated heterocycles. The third-order valence-electron chi connectivity index (χ3n) is 3.05. The third kappa shape index (κ3) is 4.79. The average Bonchev–Trinajstić information content (AvgIpc) is 2.99. The summed E-state index contributed by atoms with van der Waals surface area (Å²) in [4.78, 5) is 30.3. The minimum absolute atomic E-state index is 0.0187. The maximum Gasteiger partial charge on any atom is 0.319 e. The number of nitrogens with one attached hydrogen (secondary N) is 2. The Kier molecular flexibility index (Phi) is 5.70. The molecule has 0 spiro atoms. The summed E-state index contributed by atoms with van der Waals surface area (Å²) in [7, 11) is 1.71. The fraction of sp³-hybridized carbons (Fsp3) is 0.312. The van der Waals surface area contributed by atoms with Crippen molar-refractivity contribution in [3.05, 3.63) is 46.4 Å². The highest BCUT2D eigenvalue weighted by atomic mass is 32.1. The van der Waals surface area contributed by atoms with Crippen molar-refractivity contribution in [1.82, 2.24) is 15.2 Å². The highest BCUT2D eigenvalue weighted by Gasteiger charge is 2.17. The van der Waals surface area contributed by atoms with Crippen molar-refractivity contribution < 1.29 is 9.59 Å². The number of para-hydroxylation sites is 1. The van der Waals surface area contributed by atoms with Crippen LogP contribution in [-0.4, -0.2) is 34.9 Å². The van der Waals surface area contributed by atoms with Gasteiger partial charge in [0.2, 0.25) is 0 Å². The molecule has 6 nitrogen and oxygen atoms in total. The summed E-state index contributed by atoms with van der Waals surface area (Å²) in [5.74, 6) is -0.168. The second kappa shape index (κ2) is 7.73. The largest absolute Gasteiger partial charge is 0.336 e. The van der Waals surface area contributed by atoms with E-state index in [1.165, 1.54) is 11.3 Å². The van der Waals surface area contributed by atoms with E-state index < -0.39 is 0 Å².